The lowest BCUT2D eigenvalue weighted by Crippen LogP contribution is -2.14. The average molecular weight is 326 g/mol. The molecular formula is C11H12BrN5O2. The van der Waals surface area contributed by atoms with Crippen molar-refractivity contribution >= 4 is 21.6 Å². The summed E-state index contributed by atoms with van der Waals surface area (Å²) in [4.78, 5) is 14.4. The van der Waals surface area contributed by atoms with Crippen LogP contribution in [0.3, 0.4) is 0 Å². The third-order valence-electron chi connectivity index (χ3n) is 2.60. The number of benzene rings is 1. The van der Waals surface area contributed by atoms with Crippen LogP contribution >= 0.6 is 15.9 Å². The molecule has 0 bridgehead atoms. The Bertz CT molecular complexity index is 599. The van der Waals surface area contributed by atoms with Gasteiger partial charge in [-0.25, -0.2) is 9.67 Å². The molecule has 0 amide bonds. The number of aromatic nitrogens is 3. The number of nitrogens with zero attached hydrogens (tertiary/aromatic N) is 4. The van der Waals surface area contributed by atoms with E-state index in [9.17, 15) is 10.1 Å². The second kappa shape index (κ2) is 5.89. The molecule has 0 fully saturated rings. The molecule has 0 unspecified atom stereocenters. The molecule has 100 valence electrons. The van der Waals surface area contributed by atoms with E-state index in [4.69, 9.17) is 0 Å². The van der Waals surface area contributed by atoms with Crippen LogP contribution in [0.4, 0.5) is 5.69 Å². The number of hydrogen-bond acceptors (Lipinski definition) is 5. The van der Waals surface area contributed by atoms with Crippen molar-refractivity contribution in [1.29, 1.82) is 0 Å². The SMILES string of the molecule is CNCc1ncnn1Cc1ccc([N+](=O)[O-])cc1Br. The molecule has 0 radical (unpaired) electrons. The summed E-state index contributed by atoms with van der Waals surface area (Å²) < 4.78 is 2.44. The van der Waals surface area contributed by atoms with E-state index in [1.807, 2.05) is 7.05 Å². The van der Waals surface area contributed by atoms with Crippen LogP contribution in [-0.4, -0.2) is 26.7 Å². The maximum absolute atomic E-state index is 10.7. The van der Waals surface area contributed by atoms with Crippen molar-refractivity contribution in [2.45, 2.75) is 13.1 Å². The van der Waals surface area contributed by atoms with Gasteiger partial charge in [0.05, 0.1) is 18.0 Å². The third kappa shape index (κ3) is 3.15. The van der Waals surface area contributed by atoms with E-state index < -0.39 is 4.92 Å². The molecule has 1 N–H and O–H groups in total. The first-order valence-electron chi connectivity index (χ1n) is 5.56. The summed E-state index contributed by atoms with van der Waals surface area (Å²) in [5.74, 6) is 0.813. The molecular weight excluding hydrogens is 314 g/mol. The van der Waals surface area contributed by atoms with Crippen molar-refractivity contribution in [2.75, 3.05) is 7.05 Å². The maximum Gasteiger partial charge on any atom is 0.270 e. The van der Waals surface area contributed by atoms with Crippen LogP contribution in [0.5, 0.6) is 0 Å². The Labute approximate surface area is 117 Å². The molecule has 0 aliphatic rings. The van der Waals surface area contributed by atoms with Crippen LogP contribution < -0.4 is 5.32 Å². The van der Waals surface area contributed by atoms with Gasteiger partial charge in [0.1, 0.15) is 12.2 Å². The fourth-order valence-corrected chi connectivity index (χ4v) is 2.15. The van der Waals surface area contributed by atoms with E-state index in [2.05, 4.69) is 31.3 Å². The number of nitro groups is 1. The summed E-state index contributed by atoms with van der Waals surface area (Å²) in [6.45, 7) is 1.13. The Morgan fingerprint density at radius 1 is 1.53 bits per heavy atom. The molecule has 0 saturated heterocycles. The van der Waals surface area contributed by atoms with Gasteiger partial charge in [-0.2, -0.15) is 5.10 Å². The summed E-state index contributed by atoms with van der Waals surface area (Å²) in [7, 11) is 1.83. The monoisotopic (exact) mass is 325 g/mol. The molecule has 1 aromatic heterocycles. The number of halogens is 1. The maximum atomic E-state index is 10.7. The van der Waals surface area contributed by atoms with E-state index in [1.165, 1.54) is 18.5 Å². The molecule has 7 nitrogen and oxygen atoms in total. The van der Waals surface area contributed by atoms with Gasteiger partial charge < -0.3 is 5.32 Å². The standard InChI is InChI=1S/C11H12BrN5O2/c1-13-5-11-14-7-15-16(11)6-8-2-3-9(17(18)19)4-10(8)12/h2-4,7,13H,5-6H2,1H3. The van der Waals surface area contributed by atoms with Crippen molar-refractivity contribution in [1.82, 2.24) is 20.1 Å². The van der Waals surface area contributed by atoms with Crippen LogP contribution in [-0.2, 0) is 13.1 Å². The minimum absolute atomic E-state index is 0.0599. The number of rotatable bonds is 5. The van der Waals surface area contributed by atoms with E-state index in [0.717, 1.165) is 11.4 Å². The normalized spacial score (nSPS) is 10.6. The minimum Gasteiger partial charge on any atom is -0.313 e. The zero-order valence-electron chi connectivity index (χ0n) is 10.2. The molecule has 0 spiro atoms. The quantitative estimate of drug-likeness (QED) is 0.668. The van der Waals surface area contributed by atoms with E-state index in [0.29, 0.717) is 17.6 Å². The van der Waals surface area contributed by atoms with Gasteiger partial charge in [-0.1, -0.05) is 15.9 Å². The molecule has 19 heavy (non-hydrogen) atoms. The summed E-state index contributed by atoms with van der Waals surface area (Å²) in [5.41, 5.74) is 0.970. The number of hydrogen-bond donors (Lipinski definition) is 1. The highest BCUT2D eigenvalue weighted by atomic mass is 79.9. The zero-order valence-corrected chi connectivity index (χ0v) is 11.8. The Morgan fingerprint density at radius 3 is 2.95 bits per heavy atom. The molecule has 1 aromatic carbocycles. The minimum atomic E-state index is -0.420. The topological polar surface area (TPSA) is 85.9 Å². The van der Waals surface area contributed by atoms with Gasteiger partial charge in [0.25, 0.3) is 5.69 Å². The molecule has 0 aliphatic heterocycles. The van der Waals surface area contributed by atoms with Crippen LogP contribution in [0, 0.1) is 10.1 Å². The fraction of sp³-hybridized carbons (Fsp3) is 0.273. The van der Waals surface area contributed by atoms with Crippen LogP contribution in [0.15, 0.2) is 29.0 Å². The van der Waals surface area contributed by atoms with Crippen molar-refractivity contribution in [2.24, 2.45) is 0 Å². The molecule has 2 rings (SSSR count). The first-order chi connectivity index (χ1) is 9.11. The summed E-state index contributed by atoms with van der Waals surface area (Å²) in [5, 5.41) is 17.8. The van der Waals surface area contributed by atoms with Crippen molar-refractivity contribution in [3.63, 3.8) is 0 Å². The predicted molar refractivity (Wildman–Crippen MR) is 72.7 cm³/mol. The number of non-ortho nitro benzene ring substituents is 1. The Kier molecular flexibility index (Phi) is 4.23. The smallest absolute Gasteiger partial charge is 0.270 e. The van der Waals surface area contributed by atoms with Crippen LogP contribution in [0.2, 0.25) is 0 Å². The molecule has 8 heteroatoms. The molecule has 0 aliphatic carbocycles. The third-order valence-corrected chi connectivity index (χ3v) is 3.34. The summed E-state index contributed by atoms with van der Waals surface area (Å²) in [6, 6.07) is 4.69. The van der Waals surface area contributed by atoms with Crippen LogP contribution in [0.1, 0.15) is 11.4 Å². The lowest BCUT2D eigenvalue weighted by molar-refractivity contribution is -0.384. The average Bonchev–Trinajstić information content (AvgIpc) is 2.79. The highest BCUT2D eigenvalue weighted by Crippen LogP contribution is 2.23. The molecule has 1 heterocycles. The summed E-state index contributed by atoms with van der Waals surface area (Å²) >= 11 is 3.34. The largest absolute Gasteiger partial charge is 0.313 e. The molecule has 2 aromatic rings. The van der Waals surface area contributed by atoms with Gasteiger partial charge in [0.2, 0.25) is 0 Å². The van der Waals surface area contributed by atoms with Gasteiger partial charge in [-0.15, -0.1) is 0 Å². The molecule has 0 atom stereocenters. The van der Waals surface area contributed by atoms with E-state index >= 15 is 0 Å². The predicted octanol–water partition coefficient (Wildman–Crippen LogP) is 1.72. The van der Waals surface area contributed by atoms with E-state index in [-0.39, 0.29) is 5.69 Å². The molecule has 0 saturated carbocycles. The van der Waals surface area contributed by atoms with Crippen LogP contribution in [0.25, 0.3) is 0 Å². The van der Waals surface area contributed by atoms with Gasteiger partial charge in [-0.3, -0.25) is 10.1 Å². The first kappa shape index (κ1) is 13.6. The van der Waals surface area contributed by atoms with Gasteiger partial charge in [0.15, 0.2) is 0 Å². The van der Waals surface area contributed by atoms with Crippen molar-refractivity contribution in [3.05, 3.63) is 50.5 Å². The van der Waals surface area contributed by atoms with Crippen molar-refractivity contribution < 1.29 is 4.92 Å². The fourth-order valence-electron chi connectivity index (χ4n) is 1.65. The Morgan fingerprint density at radius 2 is 2.32 bits per heavy atom. The highest BCUT2D eigenvalue weighted by Gasteiger charge is 2.11. The lowest BCUT2D eigenvalue weighted by atomic mass is 10.2. The second-order valence-corrected chi connectivity index (χ2v) is 4.75. The summed E-state index contributed by atoms with van der Waals surface area (Å²) in [6.07, 6.45) is 1.49. The lowest BCUT2D eigenvalue weighted by Gasteiger charge is -2.07. The van der Waals surface area contributed by atoms with Crippen molar-refractivity contribution in [3.8, 4) is 0 Å². The van der Waals surface area contributed by atoms with Gasteiger partial charge in [0, 0.05) is 16.6 Å². The zero-order chi connectivity index (χ0) is 13.8. The number of nitro benzene ring substituents is 1. The van der Waals surface area contributed by atoms with Gasteiger partial charge in [-0.05, 0) is 18.7 Å². The highest BCUT2D eigenvalue weighted by molar-refractivity contribution is 9.10. The van der Waals surface area contributed by atoms with E-state index in [1.54, 1.807) is 10.7 Å². The Balaban J connectivity index is 2.23. The second-order valence-electron chi connectivity index (χ2n) is 3.90. The number of nitrogens with one attached hydrogen (secondary N) is 1. The van der Waals surface area contributed by atoms with Gasteiger partial charge >= 0.3 is 0 Å². The first-order valence-corrected chi connectivity index (χ1v) is 6.35. The Hall–Kier alpha value is -1.80.